The van der Waals surface area contributed by atoms with Crippen molar-refractivity contribution in [3.63, 3.8) is 0 Å². The molecule has 2 atom stereocenters. The predicted octanol–water partition coefficient (Wildman–Crippen LogP) is 3.99. The molecule has 1 aromatic rings. The number of nitrogens with one attached hydrogen (secondary N) is 1. The van der Waals surface area contributed by atoms with Crippen LogP contribution in [-0.4, -0.2) is 55.0 Å². The summed E-state index contributed by atoms with van der Waals surface area (Å²) >= 11 is 0. The highest BCUT2D eigenvalue weighted by Crippen LogP contribution is 2.39. The van der Waals surface area contributed by atoms with Gasteiger partial charge in [0.2, 0.25) is 0 Å². The third-order valence-corrected chi connectivity index (χ3v) is 5.65. The van der Waals surface area contributed by atoms with Gasteiger partial charge in [0.05, 0.1) is 24.2 Å². The van der Waals surface area contributed by atoms with Crippen molar-refractivity contribution in [1.29, 1.82) is 0 Å². The molecular formula is C22H34N4O4. The van der Waals surface area contributed by atoms with Crippen LogP contribution in [0.5, 0.6) is 0 Å². The number of methoxy groups -OCH3 is 1. The molecule has 8 nitrogen and oxygen atoms in total. The number of nitrogens with two attached hydrogens (primary N) is 1. The largest absolute Gasteiger partial charge is 0.452 e. The lowest BCUT2D eigenvalue weighted by Gasteiger charge is -2.37. The van der Waals surface area contributed by atoms with Gasteiger partial charge in [-0.2, -0.15) is 0 Å². The van der Waals surface area contributed by atoms with Crippen molar-refractivity contribution < 1.29 is 19.1 Å². The highest BCUT2D eigenvalue weighted by Gasteiger charge is 2.32. The maximum Gasteiger partial charge on any atom is 0.414 e. The molecule has 0 unspecified atom stereocenters. The Morgan fingerprint density at radius 1 is 1.20 bits per heavy atom. The average molecular weight is 419 g/mol. The van der Waals surface area contributed by atoms with Crippen LogP contribution in [0.2, 0.25) is 0 Å². The number of likely N-dealkylation sites (tertiary alicyclic amines) is 1. The van der Waals surface area contributed by atoms with Crippen LogP contribution in [0.25, 0.3) is 0 Å². The van der Waals surface area contributed by atoms with E-state index in [0.717, 1.165) is 42.6 Å². The standard InChI is InChI=1S/C22H34N4O4/c1-14-8-9-16-18(26(14)21(28)29-5)11-10-17(19(16)23)24-15-7-6-12-25(13-15)20(27)30-22(2,3)4/h10-11,14-15,24H,6-9,12-13,23H2,1-5H3/t14-,15+/m0/s1. The van der Waals surface area contributed by atoms with Crippen molar-refractivity contribution in [2.24, 2.45) is 0 Å². The number of amides is 2. The Labute approximate surface area is 178 Å². The highest BCUT2D eigenvalue weighted by molar-refractivity contribution is 5.93. The van der Waals surface area contributed by atoms with Crippen LogP contribution < -0.4 is 16.0 Å². The number of carbonyl (C=O) groups excluding carboxylic acids is 2. The number of nitrogen functional groups attached to an aromatic ring is 1. The van der Waals surface area contributed by atoms with Gasteiger partial charge in [-0.15, -0.1) is 0 Å². The van der Waals surface area contributed by atoms with Gasteiger partial charge in [0.25, 0.3) is 0 Å². The second-order valence-corrected chi connectivity index (χ2v) is 9.16. The fourth-order valence-corrected chi connectivity index (χ4v) is 4.17. The maximum absolute atomic E-state index is 12.4. The van der Waals surface area contributed by atoms with Gasteiger partial charge in [-0.05, 0) is 65.5 Å². The summed E-state index contributed by atoms with van der Waals surface area (Å²) in [5.74, 6) is 0. The molecular weight excluding hydrogens is 384 g/mol. The minimum absolute atomic E-state index is 0.0592. The molecule has 0 bridgehead atoms. The molecule has 0 aromatic heterocycles. The molecule has 0 aliphatic carbocycles. The molecule has 166 valence electrons. The molecule has 2 aliphatic heterocycles. The number of nitrogens with zero attached hydrogens (tertiary/aromatic N) is 2. The normalized spacial score (nSPS) is 21.6. The number of hydrogen-bond acceptors (Lipinski definition) is 6. The minimum atomic E-state index is -0.511. The Morgan fingerprint density at radius 2 is 1.93 bits per heavy atom. The van der Waals surface area contributed by atoms with Gasteiger partial charge in [0, 0.05) is 30.7 Å². The summed E-state index contributed by atoms with van der Waals surface area (Å²) in [5, 5.41) is 3.51. The Morgan fingerprint density at radius 3 is 2.60 bits per heavy atom. The second-order valence-electron chi connectivity index (χ2n) is 9.16. The Kier molecular flexibility index (Phi) is 6.33. The highest BCUT2D eigenvalue weighted by atomic mass is 16.6. The van der Waals surface area contributed by atoms with Crippen molar-refractivity contribution >= 4 is 29.2 Å². The lowest BCUT2D eigenvalue weighted by atomic mass is 9.94. The van der Waals surface area contributed by atoms with E-state index >= 15 is 0 Å². The number of carbonyl (C=O) groups is 2. The summed E-state index contributed by atoms with van der Waals surface area (Å²) in [6, 6.07) is 3.98. The summed E-state index contributed by atoms with van der Waals surface area (Å²) in [6.07, 6.45) is 2.82. The van der Waals surface area contributed by atoms with E-state index in [-0.39, 0.29) is 24.3 Å². The van der Waals surface area contributed by atoms with Crippen molar-refractivity contribution in [2.45, 2.75) is 71.1 Å². The SMILES string of the molecule is COC(=O)N1c2ccc(N[C@@H]3CCCN(C(=O)OC(C)(C)C)C3)c(N)c2CC[C@@H]1C. The van der Waals surface area contributed by atoms with Gasteiger partial charge >= 0.3 is 12.2 Å². The van der Waals surface area contributed by atoms with E-state index in [1.54, 1.807) is 9.80 Å². The monoisotopic (exact) mass is 418 g/mol. The number of benzene rings is 1. The van der Waals surface area contributed by atoms with Gasteiger partial charge < -0.3 is 25.4 Å². The quantitative estimate of drug-likeness (QED) is 0.705. The number of hydrogen-bond donors (Lipinski definition) is 2. The first-order valence-corrected chi connectivity index (χ1v) is 10.6. The second kappa shape index (κ2) is 8.62. The van der Waals surface area contributed by atoms with E-state index in [4.69, 9.17) is 15.2 Å². The van der Waals surface area contributed by atoms with E-state index < -0.39 is 5.60 Å². The van der Waals surface area contributed by atoms with Gasteiger partial charge in [0.1, 0.15) is 5.60 Å². The summed E-state index contributed by atoms with van der Waals surface area (Å²) in [4.78, 5) is 28.1. The average Bonchev–Trinajstić information content (AvgIpc) is 2.68. The molecule has 2 heterocycles. The Balaban J connectivity index is 1.75. The summed E-state index contributed by atoms with van der Waals surface area (Å²) in [5.41, 5.74) is 9.25. The van der Waals surface area contributed by atoms with Crippen molar-refractivity contribution in [2.75, 3.05) is 36.1 Å². The van der Waals surface area contributed by atoms with Gasteiger partial charge in [0.15, 0.2) is 0 Å². The lowest BCUT2D eigenvalue weighted by molar-refractivity contribution is 0.0206. The molecule has 8 heteroatoms. The zero-order valence-corrected chi connectivity index (χ0v) is 18.7. The molecule has 30 heavy (non-hydrogen) atoms. The molecule has 0 radical (unpaired) electrons. The van der Waals surface area contributed by atoms with E-state index in [2.05, 4.69) is 5.32 Å². The van der Waals surface area contributed by atoms with Crippen molar-refractivity contribution in [1.82, 2.24) is 4.90 Å². The molecule has 3 rings (SSSR count). The fraction of sp³-hybridized carbons (Fsp3) is 0.636. The molecule has 0 saturated carbocycles. The van der Waals surface area contributed by atoms with Crippen LogP contribution in [0, 0.1) is 0 Å². The fourth-order valence-electron chi connectivity index (χ4n) is 4.17. The Bertz CT molecular complexity index is 805. The first kappa shape index (κ1) is 22.1. The number of ether oxygens (including phenoxy) is 2. The number of fused-ring (bicyclic) bond motifs is 1. The van der Waals surface area contributed by atoms with Gasteiger partial charge in [-0.3, -0.25) is 4.90 Å². The third kappa shape index (κ3) is 4.74. The van der Waals surface area contributed by atoms with Crippen LogP contribution in [0.15, 0.2) is 12.1 Å². The van der Waals surface area contributed by atoms with Crippen LogP contribution >= 0.6 is 0 Å². The van der Waals surface area contributed by atoms with E-state index in [9.17, 15) is 9.59 Å². The van der Waals surface area contributed by atoms with Crippen LogP contribution in [-0.2, 0) is 15.9 Å². The molecule has 0 spiro atoms. The number of piperidine rings is 1. The van der Waals surface area contributed by atoms with Crippen LogP contribution in [0.1, 0.15) is 52.5 Å². The molecule has 1 fully saturated rings. The number of anilines is 3. The first-order valence-electron chi connectivity index (χ1n) is 10.6. The lowest BCUT2D eigenvalue weighted by Crippen LogP contribution is -2.47. The van der Waals surface area contributed by atoms with Gasteiger partial charge in [-0.1, -0.05) is 0 Å². The van der Waals surface area contributed by atoms with E-state index in [1.807, 2.05) is 39.8 Å². The summed E-state index contributed by atoms with van der Waals surface area (Å²) in [7, 11) is 1.39. The van der Waals surface area contributed by atoms with E-state index in [0.29, 0.717) is 18.8 Å². The zero-order valence-electron chi connectivity index (χ0n) is 18.7. The summed E-state index contributed by atoms with van der Waals surface area (Å²) in [6.45, 7) is 8.88. The van der Waals surface area contributed by atoms with Crippen LogP contribution in [0.3, 0.4) is 0 Å². The van der Waals surface area contributed by atoms with Crippen molar-refractivity contribution in [3.05, 3.63) is 17.7 Å². The van der Waals surface area contributed by atoms with Gasteiger partial charge in [-0.25, -0.2) is 9.59 Å². The maximum atomic E-state index is 12.4. The minimum Gasteiger partial charge on any atom is -0.452 e. The Hall–Kier alpha value is -2.64. The molecule has 2 amide bonds. The topological polar surface area (TPSA) is 97.1 Å². The molecule has 1 saturated heterocycles. The molecule has 1 aromatic carbocycles. The first-order chi connectivity index (χ1) is 14.1. The van der Waals surface area contributed by atoms with Crippen LogP contribution in [0.4, 0.5) is 26.7 Å². The summed E-state index contributed by atoms with van der Waals surface area (Å²) < 4.78 is 10.5. The smallest absolute Gasteiger partial charge is 0.414 e. The number of rotatable bonds is 2. The van der Waals surface area contributed by atoms with Crippen molar-refractivity contribution in [3.8, 4) is 0 Å². The molecule has 3 N–H and O–H groups in total. The molecule has 2 aliphatic rings. The zero-order chi connectivity index (χ0) is 22.1. The predicted molar refractivity (Wildman–Crippen MR) is 118 cm³/mol. The third-order valence-electron chi connectivity index (χ3n) is 5.65. The van der Waals surface area contributed by atoms with E-state index in [1.165, 1.54) is 7.11 Å².